The van der Waals surface area contributed by atoms with E-state index in [1.54, 1.807) is 25.3 Å². The smallest absolute Gasteiger partial charge is 0.488 e. The second-order valence-corrected chi connectivity index (χ2v) is 4.89. The predicted octanol–water partition coefficient (Wildman–Crippen LogP) is 0.545. The molecule has 0 aliphatic rings. The Morgan fingerprint density at radius 1 is 1.25 bits per heavy atom. The quantitative estimate of drug-likeness (QED) is 0.799. The highest BCUT2D eigenvalue weighted by Gasteiger charge is 2.18. The maximum absolute atomic E-state index is 9.46. The third-order valence-corrected chi connectivity index (χ3v) is 3.69. The zero-order valence-corrected chi connectivity index (χ0v) is 12.2. The number of ether oxygens (including phenoxy) is 1. The van der Waals surface area contributed by atoms with Crippen molar-refractivity contribution in [2.75, 3.05) is 7.11 Å². The predicted molar refractivity (Wildman–Crippen MR) is 78.4 cm³/mol. The molecule has 20 heavy (non-hydrogen) atoms. The number of hydrogen-bond acceptors (Lipinski definition) is 4. The number of aryl methyl sites for hydroxylation is 1. The molecule has 0 aliphatic carbocycles. The van der Waals surface area contributed by atoms with E-state index in [2.05, 4.69) is 5.10 Å². The summed E-state index contributed by atoms with van der Waals surface area (Å²) >= 11 is 0. The van der Waals surface area contributed by atoms with E-state index >= 15 is 0 Å². The highest BCUT2D eigenvalue weighted by atomic mass is 16.5. The molecule has 0 spiro atoms. The molecule has 0 radical (unpaired) electrons. The summed E-state index contributed by atoms with van der Waals surface area (Å²) in [6.07, 6.45) is 0. The molecule has 0 unspecified atom stereocenters. The molecule has 1 heterocycles. The minimum atomic E-state index is -1.51. The summed E-state index contributed by atoms with van der Waals surface area (Å²) in [6.45, 7) is 6.48. The van der Waals surface area contributed by atoms with Gasteiger partial charge in [0.1, 0.15) is 5.75 Å². The molecule has 106 valence electrons. The number of hydrogen-bond donors (Lipinski definition) is 2. The summed E-state index contributed by atoms with van der Waals surface area (Å²) in [7, 11) is 0.0794. The first-order valence-electron chi connectivity index (χ1n) is 6.47. The maximum atomic E-state index is 9.46. The number of methoxy groups -OCH3 is 1. The first-order valence-corrected chi connectivity index (χ1v) is 6.47. The van der Waals surface area contributed by atoms with Gasteiger partial charge in [0.05, 0.1) is 19.3 Å². The van der Waals surface area contributed by atoms with E-state index in [0.717, 1.165) is 22.5 Å². The van der Waals surface area contributed by atoms with Gasteiger partial charge in [0.2, 0.25) is 0 Å². The fraction of sp³-hybridized carbons (Fsp3) is 0.357. The summed E-state index contributed by atoms with van der Waals surface area (Å²) in [4.78, 5) is 0. The van der Waals surface area contributed by atoms with E-state index in [0.29, 0.717) is 17.8 Å². The fourth-order valence-electron chi connectivity index (χ4n) is 2.20. The molecule has 2 N–H and O–H groups in total. The first-order chi connectivity index (χ1) is 9.43. The van der Waals surface area contributed by atoms with Crippen LogP contribution in [0, 0.1) is 20.8 Å². The Kier molecular flexibility index (Phi) is 4.16. The van der Waals surface area contributed by atoms with Crippen molar-refractivity contribution in [2.45, 2.75) is 27.3 Å². The van der Waals surface area contributed by atoms with Crippen LogP contribution in [0.1, 0.15) is 22.5 Å². The van der Waals surface area contributed by atoms with Gasteiger partial charge in [0, 0.05) is 5.69 Å². The molecule has 0 amide bonds. The van der Waals surface area contributed by atoms with Crippen molar-refractivity contribution < 1.29 is 14.8 Å². The Morgan fingerprint density at radius 2 is 1.95 bits per heavy atom. The normalized spacial score (nSPS) is 10.7. The molecule has 0 atom stereocenters. The number of rotatable bonds is 4. The van der Waals surface area contributed by atoms with Gasteiger partial charge in [-0.1, -0.05) is 6.07 Å². The van der Waals surface area contributed by atoms with E-state index in [-0.39, 0.29) is 0 Å². The lowest BCUT2D eigenvalue weighted by Gasteiger charge is -2.12. The van der Waals surface area contributed by atoms with Gasteiger partial charge in [-0.2, -0.15) is 5.10 Å². The minimum absolute atomic E-state index is 0.469. The van der Waals surface area contributed by atoms with Crippen LogP contribution in [-0.4, -0.2) is 34.1 Å². The molecule has 6 heteroatoms. The fourth-order valence-corrected chi connectivity index (χ4v) is 2.20. The van der Waals surface area contributed by atoms with Gasteiger partial charge in [-0.15, -0.1) is 0 Å². The van der Waals surface area contributed by atoms with Gasteiger partial charge in [0.15, 0.2) is 0 Å². The molecule has 0 bridgehead atoms. The van der Waals surface area contributed by atoms with Crippen LogP contribution < -0.4 is 10.2 Å². The van der Waals surface area contributed by atoms with E-state index in [1.807, 2.05) is 25.5 Å². The van der Waals surface area contributed by atoms with E-state index < -0.39 is 7.12 Å². The zero-order valence-electron chi connectivity index (χ0n) is 12.2. The van der Waals surface area contributed by atoms with Crippen LogP contribution >= 0.6 is 0 Å². The van der Waals surface area contributed by atoms with Gasteiger partial charge >= 0.3 is 7.12 Å². The summed E-state index contributed by atoms with van der Waals surface area (Å²) in [6, 6.07) is 5.18. The van der Waals surface area contributed by atoms with E-state index in [1.165, 1.54) is 0 Å². The van der Waals surface area contributed by atoms with E-state index in [4.69, 9.17) is 4.74 Å². The highest BCUT2D eigenvalue weighted by molar-refractivity contribution is 6.59. The third-order valence-electron chi connectivity index (χ3n) is 3.69. The molecule has 0 aliphatic heterocycles. The van der Waals surface area contributed by atoms with Gasteiger partial charge in [-0.05, 0) is 49.5 Å². The molecule has 2 rings (SSSR count). The Labute approximate surface area is 119 Å². The highest BCUT2D eigenvalue weighted by Crippen LogP contribution is 2.16. The molecular formula is C14H19BN2O3. The largest absolute Gasteiger partial charge is 0.497 e. The molecule has 2 aromatic rings. The van der Waals surface area contributed by atoms with Crippen molar-refractivity contribution in [3.8, 4) is 5.75 Å². The van der Waals surface area contributed by atoms with Crippen molar-refractivity contribution in [3.63, 3.8) is 0 Å². The molecule has 5 nitrogen and oxygen atoms in total. The van der Waals surface area contributed by atoms with Crippen molar-refractivity contribution >= 4 is 12.6 Å². The van der Waals surface area contributed by atoms with Crippen LogP contribution in [0.5, 0.6) is 5.75 Å². The van der Waals surface area contributed by atoms with E-state index in [9.17, 15) is 10.0 Å². The van der Waals surface area contributed by atoms with Crippen molar-refractivity contribution in [2.24, 2.45) is 0 Å². The maximum Gasteiger partial charge on any atom is 0.488 e. The Balaban J connectivity index is 2.43. The lowest BCUT2D eigenvalue weighted by Crippen LogP contribution is -2.33. The van der Waals surface area contributed by atoms with Gasteiger partial charge in [-0.25, -0.2) is 0 Å². The molecule has 1 aromatic heterocycles. The van der Waals surface area contributed by atoms with Gasteiger partial charge < -0.3 is 14.8 Å². The summed E-state index contributed by atoms with van der Waals surface area (Å²) in [5.74, 6) is 0.683. The topological polar surface area (TPSA) is 67.5 Å². The number of aromatic nitrogens is 2. The molecule has 1 aromatic carbocycles. The second-order valence-electron chi connectivity index (χ2n) is 4.89. The molecule has 0 fully saturated rings. The standard InChI is InChI=1S/C14H19BN2O3/c1-9-10(2)16-17(11(9)3)8-12-7-13(20-4)5-6-14(12)15(18)19/h5-7,18-19H,8H2,1-4H3. The monoisotopic (exact) mass is 274 g/mol. The van der Waals surface area contributed by atoms with Crippen LogP contribution in [0.15, 0.2) is 18.2 Å². The van der Waals surface area contributed by atoms with Crippen LogP contribution in [-0.2, 0) is 6.54 Å². The van der Waals surface area contributed by atoms with Crippen molar-refractivity contribution in [3.05, 3.63) is 40.7 Å². The van der Waals surface area contributed by atoms with Crippen molar-refractivity contribution in [1.82, 2.24) is 9.78 Å². The summed E-state index contributed by atoms with van der Waals surface area (Å²) in [5, 5.41) is 23.4. The number of nitrogens with zero attached hydrogens (tertiary/aromatic N) is 2. The molecule has 0 saturated heterocycles. The molecule has 0 saturated carbocycles. The second kappa shape index (κ2) is 5.69. The average molecular weight is 274 g/mol. The van der Waals surface area contributed by atoms with Gasteiger partial charge in [0.25, 0.3) is 0 Å². The Hall–Kier alpha value is -1.79. The number of benzene rings is 1. The molecular weight excluding hydrogens is 255 g/mol. The van der Waals surface area contributed by atoms with Crippen molar-refractivity contribution in [1.29, 1.82) is 0 Å². The van der Waals surface area contributed by atoms with Crippen LogP contribution in [0.4, 0.5) is 0 Å². The third kappa shape index (κ3) is 2.71. The first kappa shape index (κ1) is 14.6. The minimum Gasteiger partial charge on any atom is -0.497 e. The Bertz CT molecular complexity index is 623. The summed E-state index contributed by atoms with van der Waals surface area (Å²) < 4.78 is 7.06. The van der Waals surface area contributed by atoms with Crippen LogP contribution in [0.3, 0.4) is 0 Å². The Morgan fingerprint density at radius 3 is 2.45 bits per heavy atom. The summed E-state index contributed by atoms with van der Waals surface area (Å²) in [5.41, 5.74) is 4.46. The zero-order chi connectivity index (χ0) is 14.9. The van der Waals surface area contributed by atoms with Crippen LogP contribution in [0.2, 0.25) is 0 Å². The van der Waals surface area contributed by atoms with Crippen LogP contribution in [0.25, 0.3) is 0 Å². The SMILES string of the molecule is COc1ccc(B(O)O)c(Cn2nc(C)c(C)c2C)c1. The average Bonchev–Trinajstić information content (AvgIpc) is 2.66. The lowest BCUT2D eigenvalue weighted by atomic mass is 9.77. The van der Waals surface area contributed by atoms with Gasteiger partial charge in [-0.3, -0.25) is 4.68 Å². The lowest BCUT2D eigenvalue weighted by molar-refractivity contribution is 0.413.